The lowest BCUT2D eigenvalue weighted by atomic mass is 9.78. The average Bonchev–Trinajstić information content (AvgIpc) is 3.39. The second kappa shape index (κ2) is 10.5. The molecule has 206 valence electrons. The van der Waals surface area contributed by atoms with Crippen LogP contribution in [0, 0.1) is 52.3 Å². The van der Waals surface area contributed by atoms with Gasteiger partial charge in [-0.3, -0.25) is 4.98 Å². The van der Waals surface area contributed by atoms with Crippen LogP contribution in [0.1, 0.15) is 74.2 Å². The average molecular weight is 549 g/mol. The fourth-order valence-corrected chi connectivity index (χ4v) is 4.95. The molecule has 0 radical (unpaired) electrons. The van der Waals surface area contributed by atoms with Crippen molar-refractivity contribution in [3.8, 4) is 18.2 Å². The number of aromatic nitrogens is 5. The molecule has 4 aromatic rings. The Kier molecular flexibility index (Phi) is 7.02. The van der Waals surface area contributed by atoms with E-state index < -0.39 is 17.5 Å². The number of rotatable bonds is 7. The molecule has 0 saturated heterocycles. The number of benzene rings is 1. The normalized spacial score (nSPS) is 14.8. The molecule has 0 bridgehead atoms. The smallest absolute Gasteiger partial charge is 0.213 e. The third-order valence-corrected chi connectivity index (χ3v) is 7.36. The molecule has 11 heteroatoms. The van der Waals surface area contributed by atoms with Crippen molar-refractivity contribution in [2.45, 2.75) is 58.5 Å². The van der Waals surface area contributed by atoms with Gasteiger partial charge in [0.05, 0.1) is 40.6 Å². The third kappa shape index (κ3) is 5.25. The number of hydrogen-bond acceptors (Lipinski definition) is 9. The molecule has 1 aliphatic carbocycles. The zero-order chi connectivity index (χ0) is 29.4. The predicted molar refractivity (Wildman–Crippen MR) is 151 cm³/mol. The molecule has 0 aliphatic heterocycles. The number of hydrogen-bond donors (Lipinski definition) is 2. The van der Waals surface area contributed by atoms with Crippen LogP contribution in [0.15, 0.2) is 36.7 Å². The van der Waals surface area contributed by atoms with Crippen LogP contribution >= 0.6 is 0 Å². The van der Waals surface area contributed by atoms with Crippen molar-refractivity contribution >= 4 is 22.3 Å². The molecule has 1 unspecified atom stereocenters. The first kappa shape index (κ1) is 27.5. The van der Waals surface area contributed by atoms with E-state index in [9.17, 15) is 20.2 Å². The summed E-state index contributed by atoms with van der Waals surface area (Å²) in [5.74, 6) is -0.603. The van der Waals surface area contributed by atoms with Crippen LogP contribution in [0.5, 0.6) is 0 Å². The first-order chi connectivity index (χ1) is 19.6. The molecule has 3 heterocycles. The zero-order valence-corrected chi connectivity index (χ0v) is 23.3. The van der Waals surface area contributed by atoms with Gasteiger partial charge in [-0.15, -0.1) is 5.10 Å². The third-order valence-electron chi connectivity index (χ3n) is 7.36. The number of nitriles is 3. The number of pyridine rings is 2. The molecule has 0 spiro atoms. The quantitative estimate of drug-likeness (QED) is 0.286. The number of nitrogens with one attached hydrogen (secondary N) is 2. The highest BCUT2D eigenvalue weighted by Gasteiger charge is 2.41. The summed E-state index contributed by atoms with van der Waals surface area (Å²) < 4.78 is 15.6. The molecular formula is C30H29FN10. The van der Waals surface area contributed by atoms with E-state index in [-0.39, 0.29) is 5.41 Å². The van der Waals surface area contributed by atoms with Crippen molar-refractivity contribution in [3.63, 3.8) is 0 Å². The van der Waals surface area contributed by atoms with Gasteiger partial charge >= 0.3 is 0 Å². The minimum absolute atomic E-state index is 0.0680. The van der Waals surface area contributed by atoms with E-state index in [0.717, 1.165) is 6.42 Å². The Labute approximate surface area is 237 Å². The summed E-state index contributed by atoms with van der Waals surface area (Å²) in [6.45, 7) is 8.55. The van der Waals surface area contributed by atoms with Crippen molar-refractivity contribution in [2.24, 2.45) is 5.41 Å². The molecule has 1 aromatic carbocycles. The van der Waals surface area contributed by atoms with E-state index in [1.807, 2.05) is 6.07 Å². The summed E-state index contributed by atoms with van der Waals surface area (Å²) in [5, 5.41) is 45.8. The van der Waals surface area contributed by atoms with Gasteiger partial charge in [-0.25, -0.2) is 9.67 Å². The van der Waals surface area contributed by atoms with Gasteiger partial charge in [-0.05, 0) is 49.8 Å². The van der Waals surface area contributed by atoms with Gasteiger partial charge in [0, 0.05) is 35.1 Å². The lowest BCUT2D eigenvalue weighted by Crippen LogP contribution is -2.39. The maximum absolute atomic E-state index is 14.0. The van der Waals surface area contributed by atoms with Gasteiger partial charge in [0.2, 0.25) is 5.95 Å². The Balaban J connectivity index is 1.64. The lowest BCUT2D eigenvalue weighted by Gasteiger charge is -2.34. The highest BCUT2D eigenvalue weighted by Crippen LogP contribution is 2.39. The van der Waals surface area contributed by atoms with Gasteiger partial charge in [0.1, 0.15) is 17.8 Å². The lowest BCUT2D eigenvalue weighted by molar-refractivity contribution is 0.193. The molecule has 0 amide bonds. The fourth-order valence-electron chi connectivity index (χ4n) is 4.95. The molecule has 3 aromatic heterocycles. The van der Waals surface area contributed by atoms with E-state index in [4.69, 9.17) is 0 Å². The van der Waals surface area contributed by atoms with Crippen LogP contribution in [0.4, 0.5) is 15.8 Å². The topological polar surface area (TPSA) is 152 Å². The Morgan fingerprint density at radius 3 is 2.49 bits per heavy atom. The maximum Gasteiger partial charge on any atom is 0.213 e. The Hall–Kier alpha value is -5.08. The van der Waals surface area contributed by atoms with Gasteiger partial charge in [0.25, 0.3) is 0 Å². The number of aryl methyl sites for hydroxylation is 1. The molecule has 1 aliphatic rings. The highest BCUT2D eigenvalue weighted by molar-refractivity contribution is 5.99. The minimum Gasteiger partial charge on any atom is -0.383 e. The highest BCUT2D eigenvalue weighted by atomic mass is 19.1. The second-order valence-corrected chi connectivity index (χ2v) is 11.6. The van der Waals surface area contributed by atoms with E-state index in [0.29, 0.717) is 69.7 Å². The van der Waals surface area contributed by atoms with Crippen molar-refractivity contribution in [1.82, 2.24) is 25.0 Å². The van der Waals surface area contributed by atoms with Crippen molar-refractivity contribution in [3.05, 3.63) is 70.7 Å². The van der Waals surface area contributed by atoms with Crippen molar-refractivity contribution < 1.29 is 4.39 Å². The Morgan fingerprint density at radius 2 is 1.88 bits per heavy atom. The number of nitrogens with zero attached hydrogens (tertiary/aromatic N) is 8. The molecule has 1 saturated carbocycles. The van der Waals surface area contributed by atoms with Crippen LogP contribution in [0.25, 0.3) is 10.9 Å². The largest absolute Gasteiger partial charge is 0.383 e. The molecule has 10 nitrogen and oxygen atoms in total. The number of fused-ring (bicyclic) bond motifs is 1. The van der Waals surface area contributed by atoms with Crippen LogP contribution < -0.4 is 10.6 Å². The summed E-state index contributed by atoms with van der Waals surface area (Å²) in [6, 6.07) is 12.6. The van der Waals surface area contributed by atoms with E-state index >= 15 is 0 Å². The molecule has 1 fully saturated rings. The Morgan fingerprint density at radius 1 is 1.12 bits per heavy atom. The fraction of sp³-hybridized carbons (Fsp3) is 0.367. The number of anilines is 2. The SMILES string of the molecule is Cc1nc(F)ccc1C(Nc1cc(C#N)c2ncc(C#N)c(NCC(C)(C)C)c2c1)c1cn(C2(C#N)CCC2)nn1. The summed E-state index contributed by atoms with van der Waals surface area (Å²) in [5.41, 5.74) is 3.14. The monoisotopic (exact) mass is 548 g/mol. The van der Waals surface area contributed by atoms with E-state index in [2.05, 4.69) is 69.9 Å². The second-order valence-electron chi connectivity index (χ2n) is 11.6. The van der Waals surface area contributed by atoms with Gasteiger partial charge in [0.15, 0.2) is 5.54 Å². The van der Waals surface area contributed by atoms with Crippen molar-refractivity contribution in [2.75, 3.05) is 17.2 Å². The summed E-state index contributed by atoms with van der Waals surface area (Å²) in [6.07, 6.45) is 5.53. The van der Waals surface area contributed by atoms with Crippen LogP contribution in [0.3, 0.4) is 0 Å². The van der Waals surface area contributed by atoms with Crippen molar-refractivity contribution in [1.29, 1.82) is 15.8 Å². The first-order valence-corrected chi connectivity index (χ1v) is 13.3. The van der Waals surface area contributed by atoms with E-state index in [1.54, 1.807) is 29.9 Å². The molecule has 2 N–H and O–H groups in total. The van der Waals surface area contributed by atoms with Crippen LogP contribution in [0.2, 0.25) is 0 Å². The Bertz CT molecular complexity index is 1760. The van der Waals surface area contributed by atoms with Gasteiger partial charge < -0.3 is 10.6 Å². The maximum atomic E-state index is 14.0. The summed E-state index contributed by atoms with van der Waals surface area (Å²) in [7, 11) is 0. The van der Waals surface area contributed by atoms with Gasteiger partial charge in [-0.2, -0.15) is 20.2 Å². The molecule has 41 heavy (non-hydrogen) atoms. The molecule has 5 rings (SSSR count). The summed E-state index contributed by atoms with van der Waals surface area (Å²) >= 11 is 0. The van der Waals surface area contributed by atoms with Gasteiger partial charge in [-0.1, -0.05) is 32.1 Å². The zero-order valence-electron chi connectivity index (χ0n) is 23.3. The van der Waals surface area contributed by atoms with Crippen LogP contribution in [-0.4, -0.2) is 31.5 Å². The summed E-state index contributed by atoms with van der Waals surface area (Å²) in [4.78, 5) is 8.43. The number of halogens is 1. The standard InChI is InChI=1S/C30H29FN10/c1-18-22(6-7-25(31)37-18)28(24-15-41(40-39-24)30(16-34)8-5-9-30)38-21-10-19(12-32)26-23(11-21)27(20(13-33)14-35-26)36-17-29(2,3)4/h6-7,10-11,14-15,28,38H,5,8-9,17H2,1-4H3,(H,35,36). The minimum atomic E-state index is -0.726. The predicted octanol–water partition coefficient (Wildman–Crippen LogP) is 5.47. The molecular weight excluding hydrogens is 519 g/mol. The van der Waals surface area contributed by atoms with E-state index in [1.165, 1.54) is 12.3 Å². The van der Waals surface area contributed by atoms with Crippen LogP contribution in [-0.2, 0) is 5.54 Å². The molecule has 1 atom stereocenters. The first-order valence-electron chi connectivity index (χ1n) is 13.3.